The summed E-state index contributed by atoms with van der Waals surface area (Å²) in [4.78, 5) is 26.0. The van der Waals surface area contributed by atoms with Crippen LogP contribution >= 0.6 is 0 Å². The van der Waals surface area contributed by atoms with Gasteiger partial charge < -0.3 is 19.7 Å². The molecule has 0 bridgehead atoms. The van der Waals surface area contributed by atoms with Crippen LogP contribution in [-0.2, 0) is 9.59 Å². The van der Waals surface area contributed by atoms with E-state index in [4.69, 9.17) is 4.42 Å². The average molecular weight is 322 g/mol. The molecule has 23 heavy (non-hydrogen) atoms. The molecular weight excluding hydrogens is 296 g/mol. The Balaban J connectivity index is 1.88. The van der Waals surface area contributed by atoms with Crippen molar-refractivity contribution in [1.29, 1.82) is 0 Å². The maximum absolute atomic E-state index is 12.4. The topological polar surface area (TPSA) is 82.8 Å². The van der Waals surface area contributed by atoms with Gasteiger partial charge >= 0.3 is 0 Å². The van der Waals surface area contributed by atoms with E-state index < -0.39 is 11.5 Å². The molecule has 2 N–H and O–H groups in total. The highest BCUT2D eigenvalue weighted by molar-refractivity contribution is 5.87. The highest BCUT2D eigenvalue weighted by atomic mass is 16.4. The molecule has 0 spiro atoms. The van der Waals surface area contributed by atoms with Gasteiger partial charge in [-0.05, 0) is 25.0 Å². The number of nitrogens with one attached hydrogen (secondary N) is 1. The van der Waals surface area contributed by atoms with E-state index in [2.05, 4.69) is 5.32 Å². The lowest BCUT2D eigenvalue weighted by molar-refractivity contribution is -0.136. The van der Waals surface area contributed by atoms with Gasteiger partial charge in [-0.3, -0.25) is 9.59 Å². The van der Waals surface area contributed by atoms with Crippen LogP contribution in [0.15, 0.2) is 22.8 Å². The zero-order valence-electron chi connectivity index (χ0n) is 14.0. The smallest absolute Gasteiger partial charge is 0.242 e. The minimum Gasteiger partial charge on any atom is -0.467 e. The highest BCUT2D eigenvalue weighted by Gasteiger charge is 2.31. The molecule has 6 heteroatoms. The molecule has 6 nitrogen and oxygen atoms in total. The van der Waals surface area contributed by atoms with Crippen LogP contribution in [0.1, 0.15) is 51.9 Å². The van der Waals surface area contributed by atoms with E-state index in [0.29, 0.717) is 18.7 Å². The standard InChI is InChI=1S/C17H26N2O4/c1-17(2,3)16(22)18-11-15(21)19-8-4-6-12(19)10-13(20)14-7-5-9-23-14/h5,7,9,12-13,20H,4,6,8,10-11H2,1-3H3,(H,18,22). The van der Waals surface area contributed by atoms with E-state index in [9.17, 15) is 14.7 Å². The molecule has 0 saturated carbocycles. The lowest BCUT2D eigenvalue weighted by Gasteiger charge is -2.27. The Bertz CT molecular complexity index is 533. The number of hydrogen-bond donors (Lipinski definition) is 2. The number of aliphatic hydroxyl groups excluding tert-OH is 1. The number of carbonyl (C=O) groups is 2. The Labute approximate surface area is 136 Å². The Morgan fingerprint density at radius 3 is 2.83 bits per heavy atom. The van der Waals surface area contributed by atoms with Crippen molar-refractivity contribution in [3.63, 3.8) is 0 Å². The van der Waals surface area contributed by atoms with E-state index in [0.717, 1.165) is 12.8 Å². The van der Waals surface area contributed by atoms with Gasteiger partial charge in [0.2, 0.25) is 11.8 Å². The van der Waals surface area contributed by atoms with E-state index in [-0.39, 0.29) is 24.4 Å². The van der Waals surface area contributed by atoms with Gasteiger partial charge in [0.15, 0.2) is 0 Å². The highest BCUT2D eigenvalue weighted by Crippen LogP contribution is 2.27. The van der Waals surface area contributed by atoms with Gasteiger partial charge in [-0.25, -0.2) is 0 Å². The molecule has 1 aromatic heterocycles. The van der Waals surface area contributed by atoms with Crippen molar-refractivity contribution in [3.05, 3.63) is 24.2 Å². The van der Waals surface area contributed by atoms with E-state index in [1.54, 1.807) is 17.0 Å². The summed E-state index contributed by atoms with van der Waals surface area (Å²) in [5, 5.41) is 12.9. The molecular formula is C17H26N2O4. The second-order valence-electron chi connectivity index (χ2n) is 7.08. The maximum atomic E-state index is 12.4. The number of carbonyl (C=O) groups excluding carboxylic acids is 2. The first-order valence-corrected chi connectivity index (χ1v) is 8.08. The zero-order valence-corrected chi connectivity index (χ0v) is 14.0. The third kappa shape index (κ3) is 4.58. The van der Waals surface area contributed by atoms with Crippen molar-refractivity contribution in [3.8, 4) is 0 Å². The first-order chi connectivity index (χ1) is 10.8. The third-order valence-corrected chi connectivity index (χ3v) is 4.15. The molecule has 1 saturated heterocycles. The van der Waals surface area contributed by atoms with Gasteiger partial charge in [-0.2, -0.15) is 0 Å². The Morgan fingerprint density at radius 2 is 2.22 bits per heavy atom. The number of amides is 2. The summed E-state index contributed by atoms with van der Waals surface area (Å²) in [5.41, 5.74) is -0.514. The SMILES string of the molecule is CC(C)(C)C(=O)NCC(=O)N1CCCC1CC(O)c1ccco1. The van der Waals surface area contributed by atoms with Crippen molar-refractivity contribution in [2.45, 2.75) is 52.2 Å². The summed E-state index contributed by atoms with van der Waals surface area (Å²) in [6.07, 6.45) is 3.03. The van der Waals surface area contributed by atoms with Crippen LogP contribution < -0.4 is 5.32 Å². The number of aliphatic hydroxyl groups is 1. The molecule has 0 aliphatic carbocycles. The van der Waals surface area contributed by atoms with Crippen molar-refractivity contribution >= 4 is 11.8 Å². The molecule has 2 amide bonds. The summed E-state index contributed by atoms with van der Waals surface area (Å²) in [5.74, 6) is 0.277. The largest absolute Gasteiger partial charge is 0.467 e. The quantitative estimate of drug-likeness (QED) is 0.867. The van der Waals surface area contributed by atoms with Crippen molar-refractivity contribution < 1.29 is 19.1 Å². The van der Waals surface area contributed by atoms with Gasteiger partial charge in [0.1, 0.15) is 11.9 Å². The molecule has 0 radical (unpaired) electrons. The Morgan fingerprint density at radius 1 is 1.48 bits per heavy atom. The van der Waals surface area contributed by atoms with Crippen LogP contribution in [0.5, 0.6) is 0 Å². The monoisotopic (exact) mass is 322 g/mol. The first-order valence-electron chi connectivity index (χ1n) is 8.08. The van der Waals surface area contributed by atoms with Crippen LogP contribution in [0.2, 0.25) is 0 Å². The summed E-state index contributed by atoms with van der Waals surface area (Å²) < 4.78 is 5.21. The molecule has 2 unspecified atom stereocenters. The van der Waals surface area contributed by atoms with Gasteiger partial charge in [-0.1, -0.05) is 20.8 Å². The number of nitrogens with zero attached hydrogens (tertiary/aromatic N) is 1. The van der Waals surface area contributed by atoms with Gasteiger partial charge in [0, 0.05) is 24.4 Å². The van der Waals surface area contributed by atoms with Crippen molar-refractivity contribution in [2.75, 3.05) is 13.1 Å². The fourth-order valence-electron chi connectivity index (χ4n) is 2.79. The average Bonchev–Trinajstić information content (AvgIpc) is 3.14. The minimum absolute atomic E-state index is 0.00342. The van der Waals surface area contributed by atoms with Crippen molar-refractivity contribution in [2.24, 2.45) is 5.41 Å². The number of likely N-dealkylation sites (tertiary alicyclic amines) is 1. The van der Waals surface area contributed by atoms with Crippen LogP contribution in [0.25, 0.3) is 0 Å². The second kappa shape index (κ2) is 7.17. The van der Waals surface area contributed by atoms with Crippen LogP contribution in [0, 0.1) is 5.41 Å². The molecule has 1 fully saturated rings. The molecule has 128 valence electrons. The summed E-state index contributed by atoms with van der Waals surface area (Å²) >= 11 is 0. The van der Waals surface area contributed by atoms with Crippen LogP contribution in [-0.4, -0.2) is 41.0 Å². The van der Waals surface area contributed by atoms with Crippen molar-refractivity contribution in [1.82, 2.24) is 10.2 Å². The molecule has 2 atom stereocenters. The zero-order chi connectivity index (χ0) is 17.0. The van der Waals surface area contributed by atoms with Gasteiger partial charge in [0.05, 0.1) is 12.8 Å². The molecule has 1 aliphatic rings. The Kier molecular flexibility index (Phi) is 5.46. The van der Waals surface area contributed by atoms with E-state index in [1.807, 2.05) is 20.8 Å². The normalized spacial score (nSPS) is 19.7. The predicted molar refractivity (Wildman–Crippen MR) is 85.5 cm³/mol. The van der Waals surface area contributed by atoms with Crippen LogP contribution in [0.3, 0.4) is 0 Å². The summed E-state index contributed by atoms with van der Waals surface area (Å²) in [7, 11) is 0. The molecule has 2 rings (SSSR count). The third-order valence-electron chi connectivity index (χ3n) is 4.15. The maximum Gasteiger partial charge on any atom is 0.242 e. The van der Waals surface area contributed by atoms with E-state index in [1.165, 1.54) is 6.26 Å². The van der Waals surface area contributed by atoms with Gasteiger partial charge in [-0.15, -0.1) is 0 Å². The fourth-order valence-corrected chi connectivity index (χ4v) is 2.79. The predicted octanol–water partition coefficient (Wildman–Crippen LogP) is 1.86. The number of furan rings is 1. The Hall–Kier alpha value is -1.82. The van der Waals surface area contributed by atoms with E-state index >= 15 is 0 Å². The fraction of sp³-hybridized carbons (Fsp3) is 0.647. The number of rotatable bonds is 5. The number of hydrogen-bond acceptors (Lipinski definition) is 4. The van der Waals surface area contributed by atoms with Gasteiger partial charge in [0.25, 0.3) is 0 Å². The minimum atomic E-state index is -0.715. The lowest BCUT2D eigenvalue weighted by Crippen LogP contribution is -2.45. The van der Waals surface area contributed by atoms with Crippen LogP contribution in [0.4, 0.5) is 0 Å². The summed E-state index contributed by atoms with van der Waals surface area (Å²) in [6.45, 7) is 6.10. The molecule has 1 aromatic rings. The first kappa shape index (κ1) is 17.5. The lowest BCUT2D eigenvalue weighted by atomic mass is 9.96. The second-order valence-corrected chi connectivity index (χ2v) is 7.08. The molecule has 1 aliphatic heterocycles. The molecule has 2 heterocycles. The summed E-state index contributed by atoms with van der Waals surface area (Å²) in [6, 6.07) is 3.45. The molecule has 0 aromatic carbocycles.